The van der Waals surface area contributed by atoms with E-state index in [9.17, 15) is 12.8 Å². The fraction of sp³-hybridized carbons (Fsp3) is 0.273. The van der Waals surface area contributed by atoms with Gasteiger partial charge in [-0.15, -0.1) is 0 Å². The van der Waals surface area contributed by atoms with Gasteiger partial charge in [-0.2, -0.15) is 5.10 Å². The van der Waals surface area contributed by atoms with E-state index in [-0.39, 0.29) is 29.5 Å². The first-order valence-corrected chi connectivity index (χ1v) is 7.72. The normalized spacial score (nSPS) is 11.8. The molecule has 0 fully saturated rings. The Morgan fingerprint density at radius 3 is 2.76 bits per heavy atom. The molecule has 1 aromatic heterocycles. The van der Waals surface area contributed by atoms with Crippen molar-refractivity contribution in [3.05, 3.63) is 40.7 Å². The summed E-state index contributed by atoms with van der Waals surface area (Å²) in [6.45, 7) is -0.316. The molecule has 0 aliphatic rings. The first kappa shape index (κ1) is 15.8. The molecule has 21 heavy (non-hydrogen) atoms. The zero-order valence-corrected chi connectivity index (χ0v) is 12.6. The zero-order valence-electron chi connectivity index (χ0n) is 11.0. The number of sulfonamides is 1. The third-order valence-electron chi connectivity index (χ3n) is 2.66. The molecule has 0 bridgehead atoms. The second kappa shape index (κ2) is 6.06. The van der Waals surface area contributed by atoms with Crippen molar-refractivity contribution in [2.75, 3.05) is 0 Å². The molecule has 7 nitrogen and oxygen atoms in total. The molecule has 1 aromatic carbocycles. The highest BCUT2D eigenvalue weighted by Gasteiger charge is 2.22. The summed E-state index contributed by atoms with van der Waals surface area (Å²) in [7, 11) is -2.44. The summed E-state index contributed by atoms with van der Waals surface area (Å²) < 4.78 is 42.0. The molecular formula is C11H13ClFN5O2S. The molecule has 0 amide bonds. The maximum absolute atomic E-state index is 14.1. The lowest BCUT2D eigenvalue weighted by Crippen LogP contribution is -2.25. The zero-order chi connectivity index (χ0) is 15.6. The molecule has 2 aromatic rings. The van der Waals surface area contributed by atoms with Crippen molar-refractivity contribution in [3.63, 3.8) is 0 Å². The number of aryl methyl sites for hydroxylation is 1. The highest BCUT2D eigenvalue weighted by Crippen LogP contribution is 2.23. The summed E-state index contributed by atoms with van der Waals surface area (Å²) in [6, 6.07) is 2.32. The lowest BCUT2D eigenvalue weighted by molar-refractivity contribution is 0.548. The van der Waals surface area contributed by atoms with Gasteiger partial charge < -0.3 is 5.73 Å². The highest BCUT2D eigenvalue weighted by atomic mass is 35.5. The van der Waals surface area contributed by atoms with E-state index < -0.39 is 20.7 Å². The quantitative estimate of drug-likeness (QED) is 0.831. The van der Waals surface area contributed by atoms with Crippen LogP contribution in [-0.4, -0.2) is 23.2 Å². The molecule has 0 spiro atoms. The van der Waals surface area contributed by atoms with Crippen LogP contribution in [0.15, 0.2) is 23.4 Å². The van der Waals surface area contributed by atoms with Crippen LogP contribution in [0.4, 0.5) is 4.39 Å². The number of rotatable bonds is 5. The van der Waals surface area contributed by atoms with E-state index in [0.29, 0.717) is 0 Å². The fourth-order valence-corrected chi connectivity index (χ4v) is 3.09. The second-order valence-corrected chi connectivity index (χ2v) is 6.41. The molecule has 1 heterocycles. The Bertz CT molecular complexity index is 762. The monoisotopic (exact) mass is 333 g/mol. The van der Waals surface area contributed by atoms with Crippen molar-refractivity contribution < 1.29 is 12.8 Å². The highest BCUT2D eigenvalue weighted by molar-refractivity contribution is 7.89. The van der Waals surface area contributed by atoms with Gasteiger partial charge in [0.15, 0.2) is 5.82 Å². The van der Waals surface area contributed by atoms with Gasteiger partial charge in [-0.05, 0) is 12.1 Å². The van der Waals surface area contributed by atoms with Gasteiger partial charge in [0.25, 0.3) is 0 Å². The van der Waals surface area contributed by atoms with Crippen molar-refractivity contribution in [2.45, 2.75) is 18.0 Å². The Balaban J connectivity index is 2.29. The predicted molar refractivity (Wildman–Crippen MR) is 74.3 cm³/mol. The summed E-state index contributed by atoms with van der Waals surface area (Å²) >= 11 is 5.78. The van der Waals surface area contributed by atoms with Crippen LogP contribution in [0, 0.1) is 5.82 Å². The number of hydrogen-bond acceptors (Lipinski definition) is 5. The minimum Gasteiger partial charge on any atom is -0.326 e. The first-order chi connectivity index (χ1) is 9.83. The van der Waals surface area contributed by atoms with Gasteiger partial charge in [0.05, 0.1) is 6.54 Å². The number of nitrogens with two attached hydrogens (primary N) is 1. The van der Waals surface area contributed by atoms with E-state index in [1.807, 2.05) is 0 Å². The fourth-order valence-electron chi connectivity index (χ4n) is 1.66. The number of nitrogens with one attached hydrogen (secondary N) is 1. The summed E-state index contributed by atoms with van der Waals surface area (Å²) in [5, 5.41) is 4.01. The number of hydrogen-bond donors (Lipinski definition) is 2. The van der Waals surface area contributed by atoms with Gasteiger partial charge in [-0.3, -0.25) is 4.68 Å². The van der Waals surface area contributed by atoms with Crippen LogP contribution in [0.1, 0.15) is 11.4 Å². The standard InChI is InChI=1S/C11H13ClFN5O2S/c1-18-6-15-10(17-18)5-16-21(19,20)9-3-8(12)2-7(4-14)11(9)13/h2-3,6,16H,4-5,14H2,1H3. The lowest BCUT2D eigenvalue weighted by atomic mass is 10.2. The Morgan fingerprint density at radius 1 is 1.48 bits per heavy atom. The van der Waals surface area contributed by atoms with Gasteiger partial charge in [-0.25, -0.2) is 22.5 Å². The lowest BCUT2D eigenvalue weighted by Gasteiger charge is -2.09. The Morgan fingerprint density at radius 2 is 2.19 bits per heavy atom. The molecule has 0 saturated heterocycles. The predicted octanol–water partition coefficient (Wildman–Crippen LogP) is 0.545. The van der Waals surface area contributed by atoms with Gasteiger partial charge in [0.2, 0.25) is 10.0 Å². The van der Waals surface area contributed by atoms with Gasteiger partial charge in [-0.1, -0.05) is 11.6 Å². The number of halogens is 2. The van der Waals surface area contributed by atoms with Gasteiger partial charge >= 0.3 is 0 Å². The van der Waals surface area contributed by atoms with Crippen molar-refractivity contribution in [1.29, 1.82) is 0 Å². The average molecular weight is 334 g/mol. The maximum Gasteiger partial charge on any atom is 0.243 e. The van der Waals surface area contributed by atoms with E-state index in [2.05, 4.69) is 14.8 Å². The summed E-state index contributed by atoms with van der Waals surface area (Å²) in [6.07, 6.45) is 1.43. The molecule has 0 saturated carbocycles. The van der Waals surface area contributed by atoms with Crippen LogP contribution in [0.25, 0.3) is 0 Å². The molecule has 3 N–H and O–H groups in total. The molecule has 0 aliphatic heterocycles. The molecule has 10 heteroatoms. The third-order valence-corrected chi connectivity index (χ3v) is 4.27. The Labute approximate surface area is 126 Å². The van der Waals surface area contributed by atoms with E-state index in [4.69, 9.17) is 17.3 Å². The molecular weight excluding hydrogens is 321 g/mol. The summed E-state index contributed by atoms with van der Waals surface area (Å²) in [5.74, 6) is -0.647. The smallest absolute Gasteiger partial charge is 0.243 e. The van der Waals surface area contributed by atoms with Crippen molar-refractivity contribution >= 4 is 21.6 Å². The van der Waals surface area contributed by atoms with Gasteiger partial charge in [0.1, 0.15) is 17.0 Å². The number of aromatic nitrogens is 3. The second-order valence-electron chi connectivity index (χ2n) is 4.24. The van der Waals surface area contributed by atoms with Crippen molar-refractivity contribution in [3.8, 4) is 0 Å². The Kier molecular flexibility index (Phi) is 4.57. The summed E-state index contributed by atoms with van der Waals surface area (Å²) in [4.78, 5) is 3.32. The Hall–Kier alpha value is -1.55. The van der Waals surface area contributed by atoms with Crippen LogP contribution in [-0.2, 0) is 30.2 Å². The van der Waals surface area contributed by atoms with Crippen LogP contribution in [0.5, 0.6) is 0 Å². The van der Waals surface area contributed by atoms with E-state index in [0.717, 1.165) is 6.07 Å². The van der Waals surface area contributed by atoms with E-state index in [1.54, 1.807) is 7.05 Å². The van der Waals surface area contributed by atoms with Crippen LogP contribution in [0.3, 0.4) is 0 Å². The minimum absolute atomic E-state index is 0.0267. The number of nitrogens with zero attached hydrogens (tertiary/aromatic N) is 3. The molecule has 0 atom stereocenters. The molecule has 114 valence electrons. The summed E-state index contributed by atoms with van der Waals surface area (Å²) in [5.41, 5.74) is 5.39. The van der Waals surface area contributed by atoms with Crippen LogP contribution < -0.4 is 10.5 Å². The van der Waals surface area contributed by atoms with Crippen LogP contribution in [0.2, 0.25) is 5.02 Å². The molecule has 0 aliphatic carbocycles. The maximum atomic E-state index is 14.1. The van der Waals surface area contributed by atoms with Crippen LogP contribution >= 0.6 is 11.6 Å². The largest absolute Gasteiger partial charge is 0.326 e. The topological polar surface area (TPSA) is 103 Å². The SMILES string of the molecule is Cn1cnc(CNS(=O)(=O)c2cc(Cl)cc(CN)c2F)n1. The van der Waals surface area contributed by atoms with Crippen molar-refractivity contribution in [1.82, 2.24) is 19.5 Å². The average Bonchev–Trinajstić information content (AvgIpc) is 2.84. The van der Waals surface area contributed by atoms with E-state index >= 15 is 0 Å². The molecule has 0 unspecified atom stereocenters. The van der Waals surface area contributed by atoms with Gasteiger partial charge in [0, 0.05) is 24.2 Å². The molecule has 0 radical (unpaired) electrons. The molecule has 2 rings (SSSR count). The van der Waals surface area contributed by atoms with E-state index in [1.165, 1.54) is 17.1 Å². The van der Waals surface area contributed by atoms with Crippen molar-refractivity contribution in [2.24, 2.45) is 12.8 Å². The minimum atomic E-state index is -4.09. The first-order valence-electron chi connectivity index (χ1n) is 5.85. The third kappa shape index (κ3) is 3.56. The number of benzene rings is 1.